The molecule has 0 aliphatic heterocycles. The Morgan fingerprint density at radius 2 is 1.96 bits per heavy atom. The highest BCUT2D eigenvalue weighted by Crippen LogP contribution is 2.28. The zero-order chi connectivity index (χ0) is 16.0. The van der Waals surface area contributed by atoms with Gasteiger partial charge < -0.3 is 9.15 Å². The van der Waals surface area contributed by atoms with Gasteiger partial charge in [0.1, 0.15) is 16.8 Å². The Kier molecular flexibility index (Phi) is 3.04. The third kappa shape index (κ3) is 2.23. The Balaban J connectivity index is 1.82. The molecule has 0 amide bonds. The second kappa shape index (κ2) is 5.08. The highest BCUT2D eigenvalue weighted by Gasteiger charge is 2.13. The normalized spacial score (nSPS) is 11.7. The minimum atomic E-state index is 0.266. The lowest BCUT2D eigenvalue weighted by Crippen LogP contribution is -2.02. The second-order valence-corrected chi connectivity index (χ2v) is 5.68. The number of fused-ring (bicyclic) bond motifs is 2. The first-order valence-corrected chi connectivity index (χ1v) is 7.45. The molecule has 116 valence electrons. The van der Waals surface area contributed by atoms with E-state index >= 15 is 0 Å². The van der Waals surface area contributed by atoms with Gasteiger partial charge in [0.05, 0.1) is 12.6 Å². The van der Waals surface area contributed by atoms with Gasteiger partial charge in [-0.25, -0.2) is 9.67 Å². The van der Waals surface area contributed by atoms with Crippen LogP contribution in [0.1, 0.15) is 19.9 Å². The zero-order valence-corrected chi connectivity index (χ0v) is 13.1. The van der Waals surface area contributed by atoms with Crippen molar-refractivity contribution in [3.8, 4) is 17.2 Å². The van der Waals surface area contributed by atoms with E-state index in [-0.39, 0.29) is 6.04 Å². The molecule has 2 aromatic carbocycles. The molecule has 0 spiro atoms. The van der Waals surface area contributed by atoms with Crippen molar-refractivity contribution >= 4 is 22.1 Å². The molecule has 2 heterocycles. The van der Waals surface area contributed by atoms with Crippen molar-refractivity contribution in [1.82, 2.24) is 20.0 Å². The van der Waals surface area contributed by atoms with Crippen LogP contribution in [0.3, 0.4) is 0 Å². The van der Waals surface area contributed by atoms with Gasteiger partial charge in [0.25, 0.3) is 0 Å². The molecule has 6 heteroatoms. The first kappa shape index (κ1) is 13.8. The minimum absolute atomic E-state index is 0.266. The van der Waals surface area contributed by atoms with E-state index in [9.17, 15) is 0 Å². The van der Waals surface area contributed by atoms with E-state index in [0.717, 1.165) is 33.4 Å². The summed E-state index contributed by atoms with van der Waals surface area (Å²) in [6.07, 6.45) is 0. The van der Waals surface area contributed by atoms with Crippen LogP contribution in [0.4, 0.5) is 0 Å². The lowest BCUT2D eigenvalue weighted by molar-refractivity contribution is 0.415. The van der Waals surface area contributed by atoms with Crippen LogP contribution in [0.5, 0.6) is 5.75 Å². The van der Waals surface area contributed by atoms with Crippen LogP contribution in [0, 0.1) is 0 Å². The second-order valence-electron chi connectivity index (χ2n) is 5.68. The SMILES string of the molecule is COc1ccc2oc(-c3ccc4c(c3)nnn4C(C)C)nc2c1. The third-order valence-corrected chi connectivity index (χ3v) is 3.80. The summed E-state index contributed by atoms with van der Waals surface area (Å²) >= 11 is 0. The maximum absolute atomic E-state index is 5.84. The van der Waals surface area contributed by atoms with E-state index in [4.69, 9.17) is 9.15 Å². The van der Waals surface area contributed by atoms with Gasteiger partial charge in [-0.15, -0.1) is 5.10 Å². The van der Waals surface area contributed by atoms with Crippen molar-refractivity contribution < 1.29 is 9.15 Å². The Bertz CT molecular complexity index is 1000. The first-order valence-electron chi connectivity index (χ1n) is 7.45. The van der Waals surface area contributed by atoms with E-state index < -0.39 is 0 Å². The van der Waals surface area contributed by atoms with Crippen LogP contribution in [0.15, 0.2) is 40.8 Å². The first-order chi connectivity index (χ1) is 11.2. The van der Waals surface area contributed by atoms with Gasteiger partial charge in [-0.05, 0) is 44.2 Å². The Labute approximate surface area is 132 Å². The van der Waals surface area contributed by atoms with Crippen LogP contribution in [0.25, 0.3) is 33.6 Å². The third-order valence-electron chi connectivity index (χ3n) is 3.80. The predicted molar refractivity (Wildman–Crippen MR) is 87.5 cm³/mol. The molecular weight excluding hydrogens is 292 g/mol. The summed E-state index contributed by atoms with van der Waals surface area (Å²) in [6, 6.07) is 11.8. The molecule has 4 rings (SSSR count). The molecule has 0 saturated heterocycles. The summed E-state index contributed by atoms with van der Waals surface area (Å²) in [5, 5.41) is 8.43. The van der Waals surface area contributed by atoms with Crippen LogP contribution >= 0.6 is 0 Å². The van der Waals surface area contributed by atoms with Crippen molar-refractivity contribution in [1.29, 1.82) is 0 Å². The molecule has 0 aliphatic rings. The van der Waals surface area contributed by atoms with E-state index in [1.165, 1.54) is 0 Å². The van der Waals surface area contributed by atoms with Gasteiger partial charge in [-0.2, -0.15) is 0 Å². The average molecular weight is 308 g/mol. The molecule has 0 fully saturated rings. The van der Waals surface area contributed by atoms with Crippen LogP contribution in [-0.2, 0) is 0 Å². The standard InChI is InChI=1S/C17H16N4O2/c1-10(2)21-15-6-4-11(8-13(15)19-20-21)17-18-14-9-12(22-3)5-7-16(14)23-17/h4-10H,1-3H3. The van der Waals surface area contributed by atoms with Gasteiger partial charge in [0, 0.05) is 17.7 Å². The summed E-state index contributed by atoms with van der Waals surface area (Å²) in [7, 11) is 1.63. The van der Waals surface area contributed by atoms with E-state index in [2.05, 4.69) is 29.1 Å². The quantitative estimate of drug-likeness (QED) is 0.575. The van der Waals surface area contributed by atoms with Crippen molar-refractivity contribution in [3.05, 3.63) is 36.4 Å². The summed E-state index contributed by atoms with van der Waals surface area (Å²) in [4.78, 5) is 4.54. The van der Waals surface area contributed by atoms with Gasteiger partial charge in [0.2, 0.25) is 5.89 Å². The molecule has 0 aliphatic carbocycles. The molecule has 4 aromatic rings. The topological polar surface area (TPSA) is 66.0 Å². The molecule has 0 atom stereocenters. The number of hydrogen-bond acceptors (Lipinski definition) is 5. The van der Waals surface area contributed by atoms with E-state index in [1.807, 2.05) is 41.1 Å². The molecule has 0 radical (unpaired) electrons. The largest absolute Gasteiger partial charge is 0.497 e. The van der Waals surface area contributed by atoms with Crippen molar-refractivity contribution in [2.45, 2.75) is 19.9 Å². The van der Waals surface area contributed by atoms with Crippen LogP contribution in [-0.4, -0.2) is 27.1 Å². The summed E-state index contributed by atoms with van der Waals surface area (Å²) in [5.74, 6) is 1.32. The minimum Gasteiger partial charge on any atom is -0.497 e. The Morgan fingerprint density at radius 3 is 2.74 bits per heavy atom. The van der Waals surface area contributed by atoms with E-state index in [0.29, 0.717) is 5.89 Å². The molecule has 0 unspecified atom stereocenters. The number of benzene rings is 2. The Hall–Kier alpha value is -2.89. The smallest absolute Gasteiger partial charge is 0.227 e. The van der Waals surface area contributed by atoms with Gasteiger partial charge in [0.15, 0.2) is 5.58 Å². The lowest BCUT2D eigenvalue weighted by atomic mass is 10.2. The molecule has 0 N–H and O–H groups in total. The lowest BCUT2D eigenvalue weighted by Gasteiger charge is -2.04. The molecule has 6 nitrogen and oxygen atoms in total. The fourth-order valence-corrected chi connectivity index (χ4v) is 2.61. The van der Waals surface area contributed by atoms with Crippen LogP contribution < -0.4 is 4.74 Å². The maximum Gasteiger partial charge on any atom is 0.227 e. The summed E-state index contributed by atoms with van der Waals surface area (Å²) in [6.45, 7) is 4.16. The Morgan fingerprint density at radius 1 is 1.09 bits per heavy atom. The average Bonchev–Trinajstić information content (AvgIpc) is 3.17. The number of ether oxygens (including phenoxy) is 1. The number of aromatic nitrogens is 4. The zero-order valence-electron chi connectivity index (χ0n) is 13.1. The molecule has 0 saturated carbocycles. The maximum atomic E-state index is 5.84. The summed E-state index contributed by atoms with van der Waals surface area (Å²) in [5.41, 5.74) is 4.21. The fraction of sp³-hybridized carbons (Fsp3) is 0.235. The fourth-order valence-electron chi connectivity index (χ4n) is 2.61. The highest BCUT2D eigenvalue weighted by molar-refractivity contribution is 5.82. The van der Waals surface area contributed by atoms with E-state index in [1.54, 1.807) is 7.11 Å². The summed E-state index contributed by atoms with van der Waals surface area (Å²) < 4.78 is 13.0. The molecule has 2 aromatic heterocycles. The number of rotatable bonds is 3. The molecule has 0 bridgehead atoms. The van der Waals surface area contributed by atoms with Gasteiger partial charge in [-0.1, -0.05) is 5.21 Å². The van der Waals surface area contributed by atoms with Gasteiger partial charge >= 0.3 is 0 Å². The van der Waals surface area contributed by atoms with Crippen LogP contribution in [0.2, 0.25) is 0 Å². The van der Waals surface area contributed by atoms with Crippen molar-refractivity contribution in [2.24, 2.45) is 0 Å². The number of oxazole rings is 1. The van der Waals surface area contributed by atoms with Crippen molar-refractivity contribution in [3.63, 3.8) is 0 Å². The monoisotopic (exact) mass is 308 g/mol. The predicted octanol–water partition coefficient (Wildman–Crippen LogP) is 3.83. The number of methoxy groups -OCH3 is 1. The number of hydrogen-bond donors (Lipinski definition) is 0. The molecular formula is C17H16N4O2. The van der Waals surface area contributed by atoms with Crippen molar-refractivity contribution in [2.75, 3.05) is 7.11 Å². The molecule has 23 heavy (non-hydrogen) atoms. The number of nitrogens with zero attached hydrogens (tertiary/aromatic N) is 4. The van der Waals surface area contributed by atoms with Gasteiger partial charge in [-0.3, -0.25) is 0 Å². The highest BCUT2D eigenvalue weighted by atomic mass is 16.5.